The van der Waals surface area contributed by atoms with E-state index in [4.69, 9.17) is 18.9 Å². The van der Waals surface area contributed by atoms with Crippen molar-refractivity contribution in [2.24, 2.45) is 22.7 Å². The van der Waals surface area contributed by atoms with Gasteiger partial charge in [0.05, 0.1) is 5.57 Å². The molecule has 0 radical (unpaired) electrons. The highest BCUT2D eigenvalue weighted by atomic mass is 16.7. The number of allylic oxidation sites excluding steroid dienone is 2. The molecule has 0 N–H and O–H groups in total. The Labute approximate surface area is 176 Å². The molecule has 0 amide bonds. The maximum Gasteiger partial charge on any atom is 0.508 e. The largest absolute Gasteiger partial charge is 0.508 e. The van der Waals surface area contributed by atoms with Crippen LogP contribution in [0.25, 0.3) is 0 Å². The van der Waals surface area contributed by atoms with Crippen molar-refractivity contribution in [3.05, 3.63) is 23.8 Å². The number of hydrogen-bond acceptors (Lipinski definition) is 7. The zero-order valence-electron chi connectivity index (χ0n) is 17.9. The zero-order chi connectivity index (χ0) is 21.7. The molecule has 30 heavy (non-hydrogen) atoms. The van der Waals surface area contributed by atoms with E-state index in [1.54, 1.807) is 0 Å². The van der Waals surface area contributed by atoms with E-state index in [-0.39, 0.29) is 29.5 Å². The van der Waals surface area contributed by atoms with Crippen LogP contribution >= 0.6 is 0 Å². The second kappa shape index (κ2) is 7.43. The van der Waals surface area contributed by atoms with Crippen LogP contribution in [0.4, 0.5) is 4.79 Å². The lowest BCUT2D eigenvalue weighted by atomic mass is 9.46. The lowest BCUT2D eigenvalue weighted by molar-refractivity contribution is -0.192. The monoisotopic (exact) mass is 418 g/mol. The van der Waals surface area contributed by atoms with Crippen LogP contribution in [0.1, 0.15) is 52.9 Å². The fourth-order valence-electron chi connectivity index (χ4n) is 6.37. The Morgan fingerprint density at radius 3 is 2.73 bits per heavy atom. The van der Waals surface area contributed by atoms with Gasteiger partial charge in [-0.05, 0) is 49.4 Å². The molecular weight excluding hydrogens is 388 g/mol. The normalized spacial score (nSPS) is 42.0. The molecule has 0 bridgehead atoms. The molecule has 6 atom stereocenters. The molecule has 4 aliphatic rings. The summed E-state index contributed by atoms with van der Waals surface area (Å²) in [4.78, 5) is 35.2. The standard InChI is InChI=1S/C23H30O7/c1-13-5-8-18-22(3,10-9-19-23(18,4)12-28-21(26)30-19)16(13)7-6-15-17(29-14(2)24)11-27-20(15)25/h6,16-19H,1,5,7-12H2,2-4H3/b15-6-/t16-,17?,18?,19-,22+,23+/m1/s1. The lowest BCUT2D eigenvalue weighted by Crippen LogP contribution is -2.60. The van der Waals surface area contributed by atoms with Crippen molar-refractivity contribution in [1.82, 2.24) is 0 Å². The van der Waals surface area contributed by atoms with Crippen molar-refractivity contribution in [3.63, 3.8) is 0 Å². The topological polar surface area (TPSA) is 88.1 Å². The molecule has 2 heterocycles. The Morgan fingerprint density at radius 1 is 1.23 bits per heavy atom. The number of rotatable bonds is 3. The summed E-state index contributed by atoms with van der Waals surface area (Å²) in [7, 11) is 0. The van der Waals surface area contributed by atoms with Gasteiger partial charge < -0.3 is 18.9 Å². The molecule has 0 aromatic rings. The van der Waals surface area contributed by atoms with Gasteiger partial charge in [0.1, 0.15) is 19.3 Å². The predicted octanol–water partition coefficient (Wildman–Crippen LogP) is 3.72. The van der Waals surface area contributed by atoms with Gasteiger partial charge in [-0.1, -0.05) is 32.1 Å². The van der Waals surface area contributed by atoms with Crippen LogP contribution in [-0.4, -0.2) is 43.5 Å². The summed E-state index contributed by atoms with van der Waals surface area (Å²) in [5.41, 5.74) is 1.30. The molecule has 0 spiro atoms. The number of esters is 2. The van der Waals surface area contributed by atoms with E-state index in [9.17, 15) is 14.4 Å². The van der Waals surface area contributed by atoms with Crippen molar-refractivity contribution in [2.45, 2.75) is 65.1 Å². The Balaban J connectivity index is 1.59. The van der Waals surface area contributed by atoms with E-state index in [1.807, 2.05) is 6.08 Å². The van der Waals surface area contributed by atoms with Crippen molar-refractivity contribution >= 4 is 18.1 Å². The van der Waals surface area contributed by atoms with Crippen LogP contribution in [0.3, 0.4) is 0 Å². The smallest absolute Gasteiger partial charge is 0.458 e. The van der Waals surface area contributed by atoms with Crippen molar-refractivity contribution in [2.75, 3.05) is 13.2 Å². The summed E-state index contributed by atoms with van der Waals surface area (Å²) in [6.07, 6.45) is 4.74. The number of hydrogen-bond donors (Lipinski definition) is 0. The molecule has 0 aromatic heterocycles. The minimum Gasteiger partial charge on any atom is -0.458 e. The molecule has 2 unspecified atom stereocenters. The Kier molecular flexibility index (Phi) is 5.19. The quantitative estimate of drug-likeness (QED) is 0.299. The zero-order valence-corrected chi connectivity index (χ0v) is 17.9. The van der Waals surface area contributed by atoms with Gasteiger partial charge in [0, 0.05) is 12.3 Å². The molecule has 2 aliphatic carbocycles. The third-order valence-corrected chi connectivity index (χ3v) is 7.89. The molecule has 4 rings (SSSR count). The van der Waals surface area contributed by atoms with Crippen LogP contribution < -0.4 is 0 Å². The third kappa shape index (κ3) is 3.32. The molecule has 7 nitrogen and oxygen atoms in total. The highest BCUT2D eigenvalue weighted by Gasteiger charge is 2.60. The fraction of sp³-hybridized carbons (Fsp3) is 0.696. The average molecular weight is 418 g/mol. The van der Waals surface area contributed by atoms with Crippen LogP contribution in [0.5, 0.6) is 0 Å². The highest BCUT2D eigenvalue weighted by molar-refractivity contribution is 5.92. The van der Waals surface area contributed by atoms with Gasteiger partial charge in [0.25, 0.3) is 0 Å². The average Bonchev–Trinajstić information content (AvgIpc) is 3.01. The molecule has 0 aromatic carbocycles. The molecule has 2 saturated heterocycles. The SMILES string of the molecule is C=C1CCC2[C@]3(C)COC(=O)O[C@@H]3CC[C@@]2(C)[C@@H]1C/C=C1\C(=O)OCC1OC(C)=O. The van der Waals surface area contributed by atoms with Gasteiger partial charge in [-0.2, -0.15) is 0 Å². The molecule has 2 aliphatic heterocycles. The minimum absolute atomic E-state index is 0.0514. The maximum absolute atomic E-state index is 12.2. The fourth-order valence-corrected chi connectivity index (χ4v) is 6.37. The van der Waals surface area contributed by atoms with Crippen LogP contribution in [-0.2, 0) is 28.5 Å². The van der Waals surface area contributed by atoms with E-state index < -0.39 is 24.2 Å². The maximum atomic E-state index is 12.2. The van der Waals surface area contributed by atoms with E-state index in [0.29, 0.717) is 24.5 Å². The first kappa shape index (κ1) is 20.9. The summed E-state index contributed by atoms with van der Waals surface area (Å²) in [6.45, 7) is 10.6. The number of fused-ring (bicyclic) bond motifs is 3. The lowest BCUT2D eigenvalue weighted by Gasteiger charge is -2.61. The second-order valence-corrected chi connectivity index (χ2v) is 9.59. The van der Waals surface area contributed by atoms with Crippen LogP contribution in [0.2, 0.25) is 0 Å². The Hall–Kier alpha value is -2.31. The Morgan fingerprint density at radius 2 is 2.00 bits per heavy atom. The van der Waals surface area contributed by atoms with Gasteiger partial charge in [0.2, 0.25) is 0 Å². The number of cyclic esters (lactones) is 2. The van der Waals surface area contributed by atoms with Gasteiger partial charge >= 0.3 is 18.1 Å². The second-order valence-electron chi connectivity index (χ2n) is 9.59. The van der Waals surface area contributed by atoms with Crippen LogP contribution in [0.15, 0.2) is 23.8 Å². The number of ether oxygens (including phenoxy) is 4. The van der Waals surface area contributed by atoms with Gasteiger partial charge in [0.15, 0.2) is 6.10 Å². The summed E-state index contributed by atoms with van der Waals surface area (Å²) in [5, 5.41) is 0. The Bertz CT molecular complexity index is 814. The van der Waals surface area contributed by atoms with E-state index in [1.165, 1.54) is 12.5 Å². The first-order valence-corrected chi connectivity index (χ1v) is 10.7. The number of carbonyl (C=O) groups is 3. The highest BCUT2D eigenvalue weighted by Crippen LogP contribution is 2.63. The van der Waals surface area contributed by atoms with Gasteiger partial charge in [-0.3, -0.25) is 4.79 Å². The molecule has 2 saturated carbocycles. The minimum atomic E-state index is -0.644. The third-order valence-electron chi connectivity index (χ3n) is 7.89. The summed E-state index contributed by atoms with van der Waals surface area (Å²) < 4.78 is 21.2. The molecule has 4 fully saturated rings. The summed E-state index contributed by atoms with van der Waals surface area (Å²) in [5.74, 6) is -0.375. The van der Waals surface area contributed by atoms with Crippen molar-refractivity contribution in [1.29, 1.82) is 0 Å². The number of carbonyl (C=O) groups excluding carboxylic acids is 3. The first-order valence-electron chi connectivity index (χ1n) is 10.7. The van der Waals surface area contributed by atoms with E-state index >= 15 is 0 Å². The van der Waals surface area contributed by atoms with Crippen molar-refractivity contribution < 1.29 is 33.3 Å². The van der Waals surface area contributed by atoms with Crippen molar-refractivity contribution in [3.8, 4) is 0 Å². The van der Waals surface area contributed by atoms with E-state index in [2.05, 4.69) is 20.4 Å². The summed E-state index contributed by atoms with van der Waals surface area (Å²) in [6, 6.07) is 0. The predicted molar refractivity (Wildman–Crippen MR) is 106 cm³/mol. The molecule has 7 heteroatoms. The van der Waals surface area contributed by atoms with E-state index in [0.717, 1.165) is 25.7 Å². The van der Waals surface area contributed by atoms with Gasteiger partial charge in [-0.25, -0.2) is 9.59 Å². The molecular formula is C23H30O7. The molecule has 164 valence electrons. The van der Waals surface area contributed by atoms with Gasteiger partial charge in [-0.15, -0.1) is 0 Å². The first-order chi connectivity index (χ1) is 14.1. The summed E-state index contributed by atoms with van der Waals surface area (Å²) >= 11 is 0. The van der Waals surface area contributed by atoms with Crippen LogP contribution in [0, 0.1) is 22.7 Å².